The molecule has 1 aliphatic heterocycles. The van der Waals surface area contributed by atoms with Gasteiger partial charge in [-0.15, -0.1) is 0 Å². The number of rotatable bonds is 8. The predicted molar refractivity (Wildman–Crippen MR) is 128 cm³/mol. The second kappa shape index (κ2) is 9.70. The summed E-state index contributed by atoms with van der Waals surface area (Å²) in [4.78, 5) is 38.3. The second-order valence-electron chi connectivity index (χ2n) is 9.53. The molecule has 2 fully saturated rings. The number of benzene rings is 2. The summed E-state index contributed by atoms with van der Waals surface area (Å²) in [5, 5.41) is 12.0. The topological polar surface area (TPSA) is 105 Å². The van der Waals surface area contributed by atoms with Crippen molar-refractivity contribution in [1.82, 2.24) is 10.2 Å². The van der Waals surface area contributed by atoms with Crippen molar-refractivity contribution in [2.45, 2.75) is 24.9 Å². The molecule has 1 heterocycles. The van der Waals surface area contributed by atoms with Gasteiger partial charge < -0.3 is 24.8 Å². The monoisotopic (exact) mass is 478 g/mol. The molecule has 0 radical (unpaired) electrons. The molecule has 0 bridgehead atoms. The molecule has 3 aliphatic rings. The van der Waals surface area contributed by atoms with Crippen LogP contribution in [0.5, 0.6) is 0 Å². The van der Waals surface area contributed by atoms with E-state index >= 15 is 0 Å². The van der Waals surface area contributed by atoms with E-state index in [0.717, 1.165) is 11.1 Å². The van der Waals surface area contributed by atoms with Gasteiger partial charge in [0.05, 0.1) is 5.92 Å². The summed E-state index contributed by atoms with van der Waals surface area (Å²) >= 11 is 0. The standard InChI is InChI=1S/C27H30N2O6/c1-34-23(25(30)29-13-11-20-21(14-29)24(20)26(31)32)10-12-28-27(33)35-15-22-18-8-4-2-6-16(18)17-7-3-5-9-19(17)22/h2-9,20-24H,10-15H2,1H3,(H,28,33)(H,31,32). The molecular weight excluding hydrogens is 448 g/mol. The van der Waals surface area contributed by atoms with Crippen LogP contribution in [0.15, 0.2) is 48.5 Å². The number of carbonyl (C=O) groups excluding carboxylic acids is 2. The van der Waals surface area contributed by atoms with Crippen molar-refractivity contribution in [2.24, 2.45) is 17.8 Å². The first-order valence-corrected chi connectivity index (χ1v) is 12.1. The molecule has 2 aliphatic carbocycles. The van der Waals surface area contributed by atoms with Crippen LogP contribution in [0.25, 0.3) is 11.1 Å². The largest absolute Gasteiger partial charge is 0.481 e. The number of carboxylic acid groups (broad SMARTS) is 1. The van der Waals surface area contributed by atoms with Gasteiger partial charge in [0.15, 0.2) is 0 Å². The Balaban J connectivity index is 1.10. The van der Waals surface area contributed by atoms with Gasteiger partial charge in [0.2, 0.25) is 0 Å². The number of carboxylic acids is 1. The Labute approximate surface area is 204 Å². The minimum absolute atomic E-state index is 0.0126. The average Bonchev–Trinajstić information content (AvgIpc) is 3.52. The van der Waals surface area contributed by atoms with E-state index in [1.54, 1.807) is 4.90 Å². The molecule has 184 valence electrons. The van der Waals surface area contributed by atoms with Crippen LogP contribution >= 0.6 is 0 Å². The van der Waals surface area contributed by atoms with Gasteiger partial charge in [-0.3, -0.25) is 9.59 Å². The van der Waals surface area contributed by atoms with Crippen molar-refractivity contribution in [3.63, 3.8) is 0 Å². The third kappa shape index (κ3) is 4.50. The second-order valence-corrected chi connectivity index (χ2v) is 9.53. The first-order valence-electron chi connectivity index (χ1n) is 12.1. The van der Waals surface area contributed by atoms with Crippen molar-refractivity contribution in [2.75, 3.05) is 33.4 Å². The number of hydrogen-bond acceptors (Lipinski definition) is 5. The Bertz CT molecular complexity index is 1090. The maximum Gasteiger partial charge on any atom is 0.407 e. The predicted octanol–water partition coefficient (Wildman–Crippen LogP) is 3.11. The average molecular weight is 479 g/mol. The van der Waals surface area contributed by atoms with Gasteiger partial charge in [0.1, 0.15) is 12.7 Å². The molecule has 1 saturated heterocycles. The maximum atomic E-state index is 12.9. The number of alkyl carbamates (subject to hydrolysis) is 1. The van der Waals surface area contributed by atoms with Gasteiger partial charge in [-0.05, 0) is 40.5 Å². The lowest BCUT2D eigenvalue weighted by Crippen LogP contribution is -2.44. The van der Waals surface area contributed by atoms with Crippen molar-refractivity contribution >= 4 is 18.0 Å². The van der Waals surface area contributed by atoms with Gasteiger partial charge in [-0.25, -0.2) is 4.79 Å². The molecule has 4 atom stereocenters. The van der Waals surface area contributed by atoms with Crippen LogP contribution in [-0.4, -0.2) is 67.4 Å². The highest BCUT2D eigenvalue weighted by Crippen LogP contribution is 2.51. The Hall–Kier alpha value is -3.39. The molecule has 2 amide bonds. The van der Waals surface area contributed by atoms with Crippen LogP contribution in [0.2, 0.25) is 0 Å². The Morgan fingerprint density at radius 2 is 1.71 bits per heavy atom. The SMILES string of the molecule is COC(CCNC(=O)OCC1c2ccccc2-c2ccccc21)C(=O)N1CCC2C(C1)C2C(=O)O. The van der Waals surface area contributed by atoms with E-state index in [-0.39, 0.29) is 42.7 Å². The zero-order valence-corrected chi connectivity index (χ0v) is 19.7. The third-order valence-electron chi connectivity index (χ3n) is 7.67. The number of nitrogens with zero attached hydrogens (tertiary/aromatic N) is 1. The van der Waals surface area contributed by atoms with Crippen molar-refractivity contribution < 1.29 is 29.0 Å². The van der Waals surface area contributed by atoms with Gasteiger partial charge in [-0.2, -0.15) is 0 Å². The molecule has 2 aromatic carbocycles. The zero-order valence-electron chi connectivity index (χ0n) is 19.7. The fourth-order valence-electron chi connectivity index (χ4n) is 5.81. The Morgan fingerprint density at radius 3 is 2.34 bits per heavy atom. The number of fused-ring (bicyclic) bond motifs is 4. The number of ether oxygens (including phenoxy) is 2. The quantitative estimate of drug-likeness (QED) is 0.604. The van der Waals surface area contributed by atoms with Gasteiger partial charge in [0, 0.05) is 39.1 Å². The van der Waals surface area contributed by atoms with Crippen LogP contribution in [0, 0.1) is 17.8 Å². The fraction of sp³-hybridized carbons (Fsp3) is 0.444. The summed E-state index contributed by atoms with van der Waals surface area (Å²) in [5.41, 5.74) is 4.64. The van der Waals surface area contributed by atoms with Gasteiger partial charge in [0.25, 0.3) is 5.91 Å². The van der Waals surface area contributed by atoms with E-state index in [1.165, 1.54) is 18.2 Å². The number of likely N-dealkylation sites (tertiary alicyclic amines) is 1. The first kappa shape index (κ1) is 23.4. The molecule has 5 rings (SSSR count). The van der Waals surface area contributed by atoms with Gasteiger partial charge in [-0.1, -0.05) is 48.5 Å². The first-order chi connectivity index (χ1) is 17.0. The summed E-state index contributed by atoms with van der Waals surface area (Å²) in [6.45, 7) is 1.47. The minimum Gasteiger partial charge on any atom is -0.481 e. The van der Waals surface area contributed by atoms with E-state index < -0.39 is 18.2 Å². The molecule has 0 spiro atoms. The minimum atomic E-state index is -0.773. The number of aliphatic carboxylic acids is 1. The van der Waals surface area contributed by atoms with Crippen molar-refractivity contribution in [1.29, 1.82) is 0 Å². The highest BCUT2D eigenvalue weighted by atomic mass is 16.5. The lowest BCUT2D eigenvalue weighted by molar-refractivity contribution is -0.144. The highest BCUT2D eigenvalue weighted by molar-refractivity contribution is 5.82. The summed E-state index contributed by atoms with van der Waals surface area (Å²) in [6, 6.07) is 16.3. The molecule has 1 saturated carbocycles. The number of piperidine rings is 1. The van der Waals surface area contributed by atoms with Gasteiger partial charge >= 0.3 is 12.1 Å². The molecule has 4 unspecified atom stereocenters. The highest BCUT2D eigenvalue weighted by Gasteiger charge is 2.57. The molecule has 8 nitrogen and oxygen atoms in total. The van der Waals surface area contributed by atoms with Crippen LogP contribution in [0.3, 0.4) is 0 Å². The fourth-order valence-corrected chi connectivity index (χ4v) is 5.81. The van der Waals surface area contributed by atoms with E-state index in [9.17, 15) is 19.5 Å². The van der Waals surface area contributed by atoms with Crippen molar-refractivity contribution in [3.8, 4) is 11.1 Å². The number of amides is 2. The summed E-state index contributed by atoms with van der Waals surface area (Å²) in [6.07, 6.45) is -0.200. The van der Waals surface area contributed by atoms with E-state index in [2.05, 4.69) is 29.6 Å². The van der Waals surface area contributed by atoms with E-state index in [0.29, 0.717) is 25.9 Å². The van der Waals surface area contributed by atoms with Crippen LogP contribution in [0.4, 0.5) is 4.79 Å². The molecule has 0 aromatic heterocycles. The molecule has 35 heavy (non-hydrogen) atoms. The lowest BCUT2D eigenvalue weighted by atomic mass is 9.98. The van der Waals surface area contributed by atoms with Crippen LogP contribution in [0.1, 0.15) is 29.9 Å². The third-order valence-corrected chi connectivity index (χ3v) is 7.67. The van der Waals surface area contributed by atoms with Crippen molar-refractivity contribution in [3.05, 3.63) is 59.7 Å². The zero-order chi connectivity index (χ0) is 24.5. The molecule has 2 N–H and O–H groups in total. The molecule has 8 heteroatoms. The Kier molecular flexibility index (Phi) is 6.47. The smallest absolute Gasteiger partial charge is 0.407 e. The molecular formula is C27H30N2O6. The van der Waals surface area contributed by atoms with E-state index in [1.807, 2.05) is 24.3 Å². The normalized spacial score (nSPS) is 23.0. The summed E-state index contributed by atoms with van der Waals surface area (Å²) in [5.74, 6) is -1.04. The van der Waals surface area contributed by atoms with Crippen LogP contribution in [-0.2, 0) is 19.1 Å². The number of hydrogen-bond donors (Lipinski definition) is 2. The van der Waals surface area contributed by atoms with Crippen LogP contribution < -0.4 is 5.32 Å². The maximum absolute atomic E-state index is 12.9. The number of nitrogens with one attached hydrogen (secondary N) is 1. The number of carbonyl (C=O) groups is 3. The van der Waals surface area contributed by atoms with E-state index in [4.69, 9.17) is 9.47 Å². The Morgan fingerprint density at radius 1 is 1.06 bits per heavy atom. The number of methoxy groups -OCH3 is 1. The summed E-state index contributed by atoms with van der Waals surface area (Å²) < 4.78 is 10.9. The summed E-state index contributed by atoms with van der Waals surface area (Å²) in [7, 11) is 1.47. The molecule has 2 aromatic rings. The lowest BCUT2D eigenvalue weighted by Gasteiger charge is -2.29.